The zero-order chi connectivity index (χ0) is 20.6. The molecule has 0 aliphatic carbocycles. The third-order valence-electron chi connectivity index (χ3n) is 4.15. The average Bonchev–Trinajstić information content (AvgIpc) is 3.13. The monoisotopic (exact) mass is 390 g/mol. The van der Waals surface area contributed by atoms with Crippen molar-refractivity contribution in [3.8, 4) is 34.6 Å². The van der Waals surface area contributed by atoms with Crippen LogP contribution in [-0.4, -0.2) is 40.9 Å². The largest absolute Gasteiger partial charge is 0.496 e. The third-order valence-corrected chi connectivity index (χ3v) is 4.15. The van der Waals surface area contributed by atoms with E-state index in [2.05, 4.69) is 27.2 Å². The summed E-state index contributed by atoms with van der Waals surface area (Å²) in [5.41, 5.74) is 2.86. The molecule has 0 aliphatic rings. The highest BCUT2D eigenvalue weighted by Crippen LogP contribution is 2.28. The molecule has 0 saturated heterocycles. The molecular weight excluding hydrogens is 368 g/mol. The molecule has 2 aromatic heterocycles. The van der Waals surface area contributed by atoms with Gasteiger partial charge in [-0.3, -0.25) is 14.5 Å². The van der Waals surface area contributed by atoms with Crippen molar-refractivity contribution in [2.24, 2.45) is 7.05 Å². The van der Waals surface area contributed by atoms with Gasteiger partial charge in [0.05, 0.1) is 25.5 Å². The van der Waals surface area contributed by atoms with E-state index in [4.69, 9.17) is 9.47 Å². The van der Waals surface area contributed by atoms with Gasteiger partial charge in [0.2, 0.25) is 0 Å². The summed E-state index contributed by atoms with van der Waals surface area (Å²) < 4.78 is 12.4. The second-order valence-electron chi connectivity index (χ2n) is 6.20. The highest BCUT2D eigenvalue weighted by atomic mass is 16.5. The van der Waals surface area contributed by atoms with Crippen molar-refractivity contribution in [2.45, 2.75) is 6.92 Å². The molecule has 0 unspecified atom stereocenters. The fraction of sp³-hybridized carbons (Fsp3) is 0.227. The number of para-hydroxylation sites is 1. The number of nitrogens with one attached hydrogen (secondary N) is 1. The van der Waals surface area contributed by atoms with Gasteiger partial charge < -0.3 is 14.8 Å². The first-order chi connectivity index (χ1) is 14.1. The van der Waals surface area contributed by atoms with Crippen molar-refractivity contribution in [3.05, 3.63) is 60.0 Å². The zero-order valence-corrected chi connectivity index (χ0v) is 16.6. The Morgan fingerprint density at radius 2 is 2.03 bits per heavy atom. The number of rotatable bonds is 6. The smallest absolute Gasteiger partial charge is 0.270 e. The lowest BCUT2D eigenvalue weighted by atomic mass is 10.1. The molecule has 0 spiro atoms. The summed E-state index contributed by atoms with van der Waals surface area (Å²) in [5, 5.41) is 7.19. The van der Waals surface area contributed by atoms with E-state index in [1.54, 1.807) is 26.4 Å². The van der Waals surface area contributed by atoms with Crippen LogP contribution in [0.25, 0.3) is 11.3 Å². The van der Waals surface area contributed by atoms with Crippen LogP contribution in [-0.2, 0) is 7.05 Å². The number of carbonyl (C=O) groups excluding carboxylic acids is 1. The molecule has 1 aromatic carbocycles. The van der Waals surface area contributed by atoms with Crippen LogP contribution in [0, 0.1) is 18.8 Å². The quantitative estimate of drug-likeness (QED) is 0.655. The van der Waals surface area contributed by atoms with Crippen molar-refractivity contribution in [2.75, 3.05) is 20.3 Å². The molecule has 7 nitrogen and oxygen atoms in total. The first-order valence-electron chi connectivity index (χ1n) is 9.05. The topological polar surface area (TPSA) is 78.3 Å². The van der Waals surface area contributed by atoms with Crippen LogP contribution in [0.4, 0.5) is 0 Å². The van der Waals surface area contributed by atoms with Gasteiger partial charge in [-0.1, -0.05) is 24.0 Å². The van der Waals surface area contributed by atoms with E-state index >= 15 is 0 Å². The molecule has 148 valence electrons. The van der Waals surface area contributed by atoms with Gasteiger partial charge in [-0.2, -0.15) is 5.10 Å². The van der Waals surface area contributed by atoms with Crippen LogP contribution < -0.4 is 14.8 Å². The van der Waals surface area contributed by atoms with Gasteiger partial charge in [-0.25, -0.2) is 0 Å². The lowest BCUT2D eigenvalue weighted by molar-refractivity contribution is 0.0949. The summed E-state index contributed by atoms with van der Waals surface area (Å²) in [4.78, 5) is 16.6. The van der Waals surface area contributed by atoms with E-state index in [9.17, 15) is 4.79 Å². The Bertz CT molecular complexity index is 1050. The van der Waals surface area contributed by atoms with Gasteiger partial charge in [0.1, 0.15) is 23.8 Å². The van der Waals surface area contributed by atoms with Gasteiger partial charge in [0.15, 0.2) is 0 Å². The van der Waals surface area contributed by atoms with Crippen molar-refractivity contribution in [1.82, 2.24) is 20.1 Å². The zero-order valence-electron chi connectivity index (χ0n) is 16.6. The van der Waals surface area contributed by atoms with Gasteiger partial charge in [0, 0.05) is 18.3 Å². The first kappa shape index (κ1) is 20.0. The summed E-state index contributed by atoms with van der Waals surface area (Å²) in [6, 6.07) is 13.0. The first-order valence-corrected chi connectivity index (χ1v) is 9.05. The highest BCUT2D eigenvalue weighted by molar-refractivity contribution is 5.94. The molecule has 3 aromatic rings. The van der Waals surface area contributed by atoms with Crippen molar-refractivity contribution < 1.29 is 14.3 Å². The fourth-order valence-corrected chi connectivity index (χ4v) is 2.66. The van der Waals surface area contributed by atoms with E-state index < -0.39 is 0 Å². The molecular formula is C22H22N4O3. The minimum atomic E-state index is -0.251. The molecule has 0 aliphatic heterocycles. The second-order valence-corrected chi connectivity index (χ2v) is 6.20. The number of ether oxygens (including phenoxy) is 2. The van der Waals surface area contributed by atoms with Crippen LogP contribution in [0.5, 0.6) is 11.5 Å². The number of aryl methyl sites for hydroxylation is 2. The SMILES string of the molecule is COc1ccccc1-c1cc(C(=O)NCC#CCOc2ccc(C)nc2)n(C)n1. The normalized spacial score (nSPS) is 10.0. The lowest BCUT2D eigenvalue weighted by Crippen LogP contribution is -2.25. The molecule has 0 atom stereocenters. The number of benzene rings is 1. The van der Waals surface area contributed by atoms with Crippen LogP contribution in [0.2, 0.25) is 0 Å². The molecule has 1 amide bonds. The second kappa shape index (κ2) is 9.42. The maximum atomic E-state index is 12.4. The van der Waals surface area contributed by atoms with Crippen LogP contribution >= 0.6 is 0 Å². The summed E-state index contributed by atoms with van der Waals surface area (Å²) in [6.45, 7) is 2.35. The van der Waals surface area contributed by atoms with E-state index in [1.807, 2.05) is 43.3 Å². The number of amides is 1. The highest BCUT2D eigenvalue weighted by Gasteiger charge is 2.15. The molecule has 0 saturated carbocycles. The van der Waals surface area contributed by atoms with Crippen LogP contribution in [0.3, 0.4) is 0 Å². The Kier molecular flexibility index (Phi) is 6.48. The van der Waals surface area contributed by atoms with Gasteiger partial charge in [0.25, 0.3) is 5.91 Å². The maximum absolute atomic E-state index is 12.4. The van der Waals surface area contributed by atoms with Crippen LogP contribution in [0.1, 0.15) is 16.2 Å². The average molecular weight is 390 g/mol. The summed E-state index contributed by atoms with van der Waals surface area (Å²) in [6.07, 6.45) is 1.65. The Morgan fingerprint density at radius 1 is 1.21 bits per heavy atom. The number of aromatic nitrogens is 3. The standard InChI is InChI=1S/C22H22N4O3/c1-16-10-11-17(15-24-16)29-13-7-6-12-23-22(27)20-14-19(25-26(20)2)18-8-4-5-9-21(18)28-3/h4-5,8-11,14-15H,12-13H2,1-3H3,(H,23,27). The lowest BCUT2D eigenvalue weighted by Gasteiger charge is -2.04. The summed E-state index contributed by atoms with van der Waals surface area (Å²) in [5.74, 6) is 6.84. The van der Waals surface area contributed by atoms with Crippen molar-refractivity contribution in [1.29, 1.82) is 0 Å². The Labute approximate surface area is 169 Å². The fourth-order valence-electron chi connectivity index (χ4n) is 2.66. The van der Waals surface area contributed by atoms with Gasteiger partial charge in [-0.05, 0) is 37.3 Å². The number of hydrogen-bond acceptors (Lipinski definition) is 5. The minimum absolute atomic E-state index is 0.212. The molecule has 0 bridgehead atoms. The number of hydrogen-bond donors (Lipinski definition) is 1. The maximum Gasteiger partial charge on any atom is 0.270 e. The molecule has 3 rings (SSSR count). The Hall–Kier alpha value is -3.79. The van der Waals surface area contributed by atoms with Crippen molar-refractivity contribution >= 4 is 5.91 Å². The molecule has 1 N–H and O–H groups in total. The molecule has 0 radical (unpaired) electrons. The van der Waals surface area contributed by atoms with Crippen molar-refractivity contribution in [3.63, 3.8) is 0 Å². The molecule has 29 heavy (non-hydrogen) atoms. The van der Waals surface area contributed by atoms with Gasteiger partial charge >= 0.3 is 0 Å². The minimum Gasteiger partial charge on any atom is -0.496 e. The predicted octanol–water partition coefficient (Wildman–Crippen LogP) is 2.61. The van der Waals surface area contributed by atoms with E-state index in [0.717, 1.165) is 11.3 Å². The van der Waals surface area contributed by atoms with Crippen LogP contribution in [0.15, 0.2) is 48.7 Å². The molecule has 7 heteroatoms. The van der Waals surface area contributed by atoms with E-state index in [-0.39, 0.29) is 19.1 Å². The number of pyridine rings is 1. The number of nitrogens with zero attached hydrogens (tertiary/aromatic N) is 3. The van der Waals surface area contributed by atoms with E-state index in [0.29, 0.717) is 22.9 Å². The Balaban J connectivity index is 1.55. The summed E-state index contributed by atoms with van der Waals surface area (Å²) >= 11 is 0. The van der Waals surface area contributed by atoms with Gasteiger partial charge in [-0.15, -0.1) is 0 Å². The number of carbonyl (C=O) groups is 1. The molecule has 2 heterocycles. The summed E-state index contributed by atoms with van der Waals surface area (Å²) in [7, 11) is 3.33. The molecule has 0 fully saturated rings. The Morgan fingerprint density at radius 3 is 2.79 bits per heavy atom. The third kappa shape index (κ3) is 5.14. The predicted molar refractivity (Wildman–Crippen MR) is 110 cm³/mol. The van der Waals surface area contributed by atoms with E-state index in [1.165, 1.54) is 4.68 Å². The number of methoxy groups -OCH3 is 1.